The second kappa shape index (κ2) is 10.9. The monoisotopic (exact) mass is 439 g/mol. The number of likely N-dealkylation sites (tertiary alicyclic amines) is 1. The first-order chi connectivity index (χ1) is 5.33. The maximum absolute atomic E-state index is 4.26. The van der Waals surface area contributed by atoms with Crippen LogP contribution in [0.5, 0.6) is 0 Å². The average Bonchev–Trinajstić information content (AvgIpc) is 2.10. The van der Waals surface area contributed by atoms with Crippen LogP contribution in [0.1, 0.15) is 26.7 Å². The molecule has 0 atom stereocenters. The molecule has 0 aromatic heterocycles. The summed E-state index contributed by atoms with van der Waals surface area (Å²) in [4.78, 5) is 2.36. The molecule has 1 aliphatic rings. The van der Waals surface area contributed by atoms with E-state index in [4.69, 9.17) is 0 Å². The van der Waals surface area contributed by atoms with E-state index in [0.29, 0.717) is 6.04 Å². The number of piperidine rings is 1. The molecule has 13 heavy (non-hydrogen) atoms. The van der Waals surface area contributed by atoms with Crippen molar-refractivity contribution in [2.75, 3.05) is 27.2 Å². The van der Waals surface area contributed by atoms with Gasteiger partial charge >= 0.3 is 0 Å². The van der Waals surface area contributed by atoms with Gasteiger partial charge in [-0.05, 0) is 20.1 Å². The minimum atomic E-state index is 0. The Morgan fingerprint density at radius 2 is 1.54 bits per heavy atom. The quantitative estimate of drug-likeness (QED) is 0.575. The van der Waals surface area contributed by atoms with Gasteiger partial charge in [0, 0.05) is 0 Å². The van der Waals surface area contributed by atoms with Crippen molar-refractivity contribution in [1.29, 1.82) is 0 Å². The van der Waals surface area contributed by atoms with Crippen molar-refractivity contribution in [1.82, 2.24) is 4.90 Å². The molecule has 3 heteroatoms. The molecule has 2 nitrogen and oxygen atoms in total. The van der Waals surface area contributed by atoms with Gasteiger partial charge < -0.3 is 17.6 Å². The molecule has 0 bridgehead atoms. The van der Waals surface area contributed by atoms with Crippen molar-refractivity contribution in [3.8, 4) is 0 Å². The normalized spacial score (nSPS) is 17.5. The fourth-order valence-electron chi connectivity index (χ4n) is 1.25. The van der Waals surface area contributed by atoms with E-state index in [1.807, 2.05) is 20.9 Å². The summed E-state index contributed by atoms with van der Waals surface area (Å²) in [6.07, 6.45) is 2.51. The fraction of sp³-hybridized carbons (Fsp3) is 0.900. The van der Waals surface area contributed by atoms with Crippen LogP contribution in [-0.2, 0) is 0 Å². The largest absolute Gasteiger partial charge is 0.662 e. The second-order valence-corrected chi connectivity index (χ2v) is 2.79. The molecule has 0 amide bonds. The van der Waals surface area contributed by atoms with Crippen LogP contribution in [0, 0.1) is 7.43 Å². The Labute approximate surface area is 78.3 Å². The van der Waals surface area contributed by atoms with Crippen LogP contribution in [0.2, 0.25) is 0 Å². The zero-order valence-corrected chi connectivity index (χ0v) is 16.4. The van der Waals surface area contributed by atoms with Crippen molar-refractivity contribution >= 4 is 0 Å². The van der Waals surface area contributed by atoms with Crippen LogP contribution in [0.25, 0.3) is 5.32 Å². The first-order valence-corrected chi connectivity index (χ1v) is 4.60. The van der Waals surface area contributed by atoms with Gasteiger partial charge in [0.15, 0.2) is 0 Å². The number of hydrogen-bond donors (Lipinski definition) is 0. The third-order valence-electron chi connectivity index (χ3n) is 2.05. The predicted molar refractivity (Wildman–Crippen MR) is 57.6 cm³/mol. The second-order valence-electron chi connectivity index (χ2n) is 2.79. The fourth-order valence-corrected chi connectivity index (χ4v) is 1.25. The first kappa shape index (κ1) is 17.9. The molecule has 1 saturated heterocycles. The maximum atomic E-state index is 4.26. The molecular formula is C10H24N2Rf-2. The van der Waals surface area contributed by atoms with Crippen LogP contribution in [0.4, 0.5) is 0 Å². The summed E-state index contributed by atoms with van der Waals surface area (Å²) in [5, 5.41) is 4.26. The van der Waals surface area contributed by atoms with E-state index in [1.54, 1.807) is 0 Å². The third kappa shape index (κ3) is 7.29. The predicted octanol–water partition coefficient (Wildman–Crippen LogP) is 2.56. The molecule has 0 radical (unpaired) electrons. The molecule has 1 heterocycles. The van der Waals surface area contributed by atoms with Crippen molar-refractivity contribution in [3.63, 3.8) is 0 Å². The van der Waals surface area contributed by atoms with Crippen molar-refractivity contribution in [2.24, 2.45) is 0 Å². The molecule has 1 rings (SSSR count). The first-order valence-electron chi connectivity index (χ1n) is 4.60. The summed E-state index contributed by atoms with van der Waals surface area (Å²) in [7, 11) is 4.10. The summed E-state index contributed by atoms with van der Waals surface area (Å²) >= 11 is 0. The van der Waals surface area contributed by atoms with Crippen LogP contribution >= 0.6 is 0 Å². The van der Waals surface area contributed by atoms with E-state index < -0.39 is 0 Å². The summed E-state index contributed by atoms with van der Waals surface area (Å²) in [6.45, 7) is 6.45. The number of nitrogens with zero attached hydrogens (tertiary/aromatic N) is 2. The van der Waals surface area contributed by atoms with Gasteiger partial charge in [-0.15, -0.1) is 6.04 Å². The van der Waals surface area contributed by atoms with E-state index in [-0.39, 0.29) is 7.43 Å². The van der Waals surface area contributed by atoms with E-state index in [1.165, 1.54) is 25.9 Å². The van der Waals surface area contributed by atoms with E-state index in [9.17, 15) is 0 Å². The van der Waals surface area contributed by atoms with Gasteiger partial charge in [0.05, 0.1) is 0 Å². The van der Waals surface area contributed by atoms with Gasteiger partial charge in [0.25, 0.3) is 0 Å². The van der Waals surface area contributed by atoms with Gasteiger partial charge in [-0.1, -0.05) is 26.7 Å². The SMILES string of the molecule is CC.C[N-]C1CCN(C)CC1.[CH3-].[Rf]. The van der Waals surface area contributed by atoms with Gasteiger partial charge in [0.1, 0.15) is 0 Å². The Bertz CT molecular complexity index is 81.0. The van der Waals surface area contributed by atoms with E-state index in [0.717, 1.165) is 0 Å². The van der Waals surface area contributed by atoms with E-state index in [2.05, 4.69) is 17.3 Å². The molecule has 78 valence electrons. The molecule has 0 aromatic carbocycles. The van der Waals surface area contributed by atoms with Crippen LogP contribution < -0.4 is 0 Å². The maximum Gasteiger partial charge on any atom is 0 e. The van der Waals surface area contributed by atoms with Crippen LogP contribution in [-0.4, -0.2) is 38.1 Å². The van der Waals surface area contributed by atoms with Gasteiger partial charge in [-0.3, -0.25) is 0 Å². The van der Waals surface area contributed by atoms with Crippen LogP contribution in [0.3, 0.4) is 0 Å². The molecule has 0 saturated carbocycles. The smallest absolute Gasteiger partial charge is 0 e. The molecule has 0 aliphatic carbocycles. The minimum Gasteiger partial charge on any atom is -0.662 e. The standard InChI is InChI=1S/C7H15N2.C2H6.CH3.Rf/c1-8-7-3-5-9(2)6-4-7;1-2;;/h7H,3-6H2,1-2H3;1-2H3;1H3;/q-1;;-1;. The zero-order valence-electron chi connectivity index (χ0n) is 10.0. The Morgan fingerprint density at radius 3 is 1.85 bits per heavy atom. The molecule has 1 aliphatic heterocycles. The Hall–Kier alpha value is -1.08. The summed E-state index contributed by atoms with van der Waals surface area (Å²) in [5.41, 5.74) is 0. The Morgan fingerprint density at radius 1 is 1.15 bits per heavy atom. The number of hydrogen-bond acceptors (Lipinski definition) is 1. The zero-order chi connectivity index (χ0) is 8.69. The van der Waals surface area contributed by atoms with Crippen molar-refractivity contribution in [2.45, 2.75) is 32.7 Å². The minimum absolute atomic E-state index is 0. The van der Waals surface area contributed by atoms with Crippen molar-refractivity contribution in [3.05, 3.63) is 12.7 Å². The molecule has 0 N–H and O–H groups in total. The number of rotatable bonds is 1. The Balaban J connectivity index is -0.000000234. The average molecular weight is 439 g/mol. The topological polar surface area (TPSA) is 17.3 Å². The van der Waals surface area contributed by atoms with Gasteiger partial charge in [-0.2, -0.15) is 7.05 Å². The molecule has 0 spiro atoms. The molecule has 0 aromatic rings. The van der Waals surface area contributed by atoms with Gasteiger partial charge in [0.2, 0.25) is 0 Å². The third-order valence-corrected chi connectivity index (χ3v) is 2.05. The summed E-state index contributed by atoms with van der Waals surface area (Å²) in [5.74, 6) is 0. The van der Waals surface area contributed by atoms with Crippen LogP contribution in [0.15, 0.2) is 0 Å². The summed E-state index contributed by atoms with van der Waals surface area (Å²) < 4.78 is 0. The van der Waals surface area contributed by atoms with E-state index >= 15 is 0 Å². The summed E-state index contributed by atoms with van der Waals surface area (Å²) in [6, 6.07) is 0.654. The molecule has 1 fully saturated rings. The molecular weight excluding hydrogens is 415 g/mol. The van der Waals surface area contributed by atoms with Crippen molar-refractivity contribution < 1.29 is 0 Å². The van der Waals surface area contributed by atoms with Gasteiger partial charge in [-0.25, -0.2) is 0 Å². The Kier molecular flexibility index (Phi) is 15.0. The molecule has 0 unspecified atom stereocenters.